The van der Waals surface area contributed by atoms with Gasteiger partial charge in [-0.25, -0.2) is 16.8 Å². The van der Waals surface area contributed by atoms with Crippen LogP contribution in [0, 0.1) is 11.8 Å². The molecule has 0 saturated carbocycles. The van der Waals surface area contributed by atoms with Gasteiger partial charge in [0.15, 0.2) is 0 Å². The Balaban J connectivity index is 0.831. The fraction of sp³-hybridized carbons (Fsp3) is 0.415. The maximum absolute atomic E-state index is 13.6. The van der Waals surface area contributed by atoms with Crippen LogP contribution in [0.5, 0.6) is 0 Å². The molecule has 4 saturated heterocycles. The normalized spacial score (nSPS) is 22.9. The number of halogens is 2. The maximum Gasteiger partial charge on any atom is 0.242 e. The van der Waals surface area contributed by atoms with Gasteiger partial charge >= 0.3 is 0 Å². The molecular weight excluding hydrogens is 840 g/mol. The van der Waals surface area contributed by atoms with Gasteiger partial charge in [-0.2, -0.15) is 9.44 Å². The van der Waals surface area contributed by atoms with E-state index in [9.17, 15) is 36.0 Å². The summed E-state index contributed by atoms with van der Waals surface area (Å²) in [4.78, 5) is 60.6. The Morgan fingerprint density at radius 1 is 0.576 bits per heavy atom. The van der Waals surface area contributed by atoms with Crippen molar-refractivity contribution in [2.24, 2.45) is 11.8 Å². The highest BCUT2D eigenvalue weighted by atomic mass is 35.5. The largest absolute Gasteiger partial charge is 0.340 e. The van der Waals surface area contributed by atoms with Crippen molar-refractivity contribution < 1.29 is 36.0 Å². The second-order valence-electron chi connectivity index (χ2n) is 16.0. The number of sulfonamides is 2. The van der Waals surface area contributed by atoms with E-state index in [1.807, 2.05) is 0 Å². The Hall–Kier alpha value is -4.32. The van der Waals surface area contributed by atoms with Crippen LogP contribution < -0.4 is 9.44 Å². The summed E-state index contributed by atoms with van der Waals surface area (Å²) in [7, 11) is -8.08. The summed E-state index contributed by atoms with van der Waals surface area (Å²) in [5, 5.41) is 4.03. The Kier molecular flexibility index (Phi) is 11.7. The van der Waals surface area contributed by atoms with Gasteiger partial charge in [0.1, 0.15) is 12.1 Å². The highest BCUT2D eigenvalue weighted by molar-refractivity contribution is 7.89. The number of likely N-dealkylation sites (tertiary alicyclic amines) is 4. The summed E-state index contributed by atoms with van der Waals surface area (Å²) >= 11 is 12.1. The summed E-state index contributed by atoms with van der Waals surface area (Å²) in [5.74, 6) is -1.36. The van der Waals surface area contributed by atoms with Crippen LogP contribution in [0.3, 0.4) is 0 Å². The molecule has 4 aromatic carbocycles. The van der Waals surface area contributed by atoms with Gasteiger partial charge in [-0.3, -0.25) is 19.2 Å². The molecule has 0 radical (unpaired) electrons. The van der Waals surface area contributed by atoms with E-state index in [-0.39, 0.29) is 46.5 Å². The summed E-state index contributed by atoms with van der Waals surface area (Å²) in [6, 6.07) is 17.6. The minimum atomic E-state index is -4.04. The van der Waals surface area contributed by atoms with Crippen molar-refractivity contribution in [3.05, 3.63) is 82.8 Å². The number of hydrogen-bond acceptors (Lipinski definition) is 8. The monoisotopic (exact) mass is 882 g/mol. The van der Waals surface area contributed by atoms with Crippen LogP contribution in [-0.4, -0.2) is 125 Å². The van der Waals surface area contributed by atoms with Crippen molar-refractivity contribution >= 4 is 88.4 Å². The molecule has 2 atom stereocenters. The highest BCUT2D eigenvalue weighted by Gasteiger charge is 2.41. The van der Waals surface area contributed by atoms with Crippen molar-refractivity contribution in [1.82, 2.24) is 29.0 Å². The van der Waals surface area contributed by atoms with Crippen molar-refractivity contribution in [2.75, 3.05) is 52.4 Å². The van der Waals surface area contributed by atoms with Gasteiger partial charge in [0.05, 0.1) is 22.9 Å². The molecule has 4 fully saturated rings. The van der Waals surface area contributed by atoms with E-state index in [0.29, 0.717) is 85.8 Å². The zero-order valence-electron chi connectivity index (χ0n) is 32.1. The molecular formula is C41H44Cl2N6O8S2. The van der Waals surface area contributed by atoms with Crippen molar-refractivity contribution in [3.8, 4) is 0 Å². The first kappa shape index (κ1) is 41.4. The number of hydrogen-bond donors (Lipinski definition) is 2. The van der Waals surface area contributed by atoms with Gasteiger partial charge in [-0.15, -0.1) is 0 Å². The van der Waals surface area contributed by atoms with E-state index in [2.05, 4.69) is 9.44 Å². The third-order valence-corrected chi connectivity index (χ3v) is 15.2. The van der Waals surface area contributed by atoms with Crippen LogP contribution in [0.4, 0.5) is 0 Å². The first-order valence-electron chi connectivity index (χ1n) is 19.7. The van der Waals surface area contributed by atoms with E-state index >= 15 is 0 Å². The van der Waals surface area contributed by atoms with Gasteiger partial charge in [0.25, 0.3) is 0 Å². The van der Waals surface area contributed by atoms with Gasteiger partial charge in [-0.1, -0.05) is 47.5 Å². The van der Waals surface area contributed by atoms with E-state index in [1.165, 1.54) is 34.1 Å². The summed E-state index contributed by atoms with van der Waals surface area (Å²) < 4.78 is 58.5. The van der Waals surface area contributed by atoms with Crippen LogP contribution in [0.2, 0.25) is 10.0 Å². The predicted molar refractivity (Wildman–Crippen MR) is 223 cm³/mol. The van der Waals surface area contributed by atoms with Gasteiger partial charge in [0, 0.05) is 49.3 Å². The SMILES string of the molecule is O=C(CN1CCCC(NS(=O)(=O)c2ccc3cc(Cl)ccc3c2)C1=O)N1CC2CC(C1)CN(C(=O)CN1CCCC(NS(=O)(=O)c3ccc4cc(Cl)ccc4c3)C1=O)C2. The van der Waals surface area contributed by atoms with E-state index in [0.717, 1.165) is 17.2 Å². The lowest BCUT2D eigenvalue weighted by molar-refractivity contribution is -0.148. The number of nitrogens with one attached hydrogen (secondary N) is 2. The first-order chi connectivity index (χ1) is 28.1. The third kappa shape index (κ3) is 9.08. The Morgan fingerprint density at radius 3 is 1.36 bits per heavy atom. The van der Waals surface area contributed by atoms with Crippen LogP contribution in [-0.2, 0) is 39.2 Å². The topological polar surface area (TPSA) is 174 Å². The molecule has 4 aliphatic heterocycles. The molecule has 312 valence electrons. The molecule has 4 heterocycles. The third-order valence-electron chi connectivity index (χ3n) is 11.8. The van der Waals surface area contributed by atoms with E-state index < -0.39 is 43.9 Å². The van der Waals surface area contributed by atoms with Crippen molar-refractivity contribution in [1.29, 1.82) is 0 Å². The fourth-order valence-corrected chi connectivity index (χ4v) is 11.7. The van der Waals surface area contributed by atoms with E-state index in [4.69, 9.17) is 23.2 Å². The summed E-state index contributed by atoms with van der Waals surface area (Å²) in [6.07, 6.45) is 2.50. The van der Waals surface area contributed by atoms with Crippen LogP contribution in [0.15, 0.2) is 82.6 Å². The molecule has 8 rings (SSSR count). The highest BCUT2D eigenvalue weighted by Crippen LogP contribution is 2.30. The zero-order chi connectivity index (χ0) is 41.6. The zero-order valence-corrected chi connectivity index (χ0v) is 35.2. The number of benzene rings is 4. The molecule has 2 unspecified atom stereocenters. The summed E-state index contributed by atoms with van der Waals surface area (Å²) in [6.45, 7) is 1.92. The second-order valence-corrected chi connectivity index (χ2v) is 20.3. The number of rotatable bonds is 10. The number of piperidine rings is 4. The smallest absolute Gasteiger partial charge is 0.242 e. The standard InChI is InChI=1S/C41H44Cl2N6O8S2/c42-32-9-5-30-18-34(11-7-28(30)16-32)58(54,55)44-36-3-1-13-46(40(36)52)24-38(50)48-20-26-15-27(21-48)23-49(22-26)39(51)25-47-14-2-4-37(41(47)53)45-59(56,57)35-12-8-29-17-33(43)10-6-31(29)19-35/h5-12,16-19,26-27,36-37,44-45H,1-4,13-15,20-25H2. The van der Waals surface area contributed by atoms with Gasteiger partial charge in [-0.05, 0) is 114 Å². The van der Waals surface area contributed by atoms with Crippen LogP contribution in [0.25, 0.3) is 21.5 Å². The minimum Gasteiger partial charge on any atom is -0.340 e. The predicted octanol–water partition coefficient (Wildman–Crippen LogP) is 3.85. The number of carbonyl (C=O) groups excluding carboxylic acids is 4. The number of amides is 4. The average molecular weight is 884 g/mol. The first-order valence-corrected chi connectivity index (χ1v) is 23.4. The number of carbonyl (C=O) groups is 4. The number of fused-ring (bicyclic) bond motifs is 4. The lowest BCUT2D eigenvalue weighted by Crippen LogP contribution is -2.59. The number of nitrogens with zero attached hydrogens (tertiary/aromatic N) is 4. The molecule has 59 heavy (non-hydrogen) atoms. The molecule has 2 N–H and O–H groups in total. The molecule has 4 amide bonds. The van der Waals surface area contributed by atoms with Crippen molar-refractivity contribution in [2.45, 2.75) is 54.0 Å². The van der Waals surface area contributed by atoms with Crippen LogP contribution >= 0.6 is 23.2 Å². The molecule has 0 spiro atoms. The molecule has 18 heteroatoms. The maximum atomic E-state index is 13.6. The Bertz CT molecular complexity index is 2390. The van der Waals surface area contributed by atoms with Gasteiger partial charge in [0.2, 0.25) is 43.7 Å². The van der Waals surface area contributed by atoms with Crippen LogP contribution in [0.1, 0.15) is 32.1 Å². The lowest BCUT2D eigenvalue weighted by Gasteiger charge is -2.46. The van der Waals surface area contributed by atoms with E-state index in [1.54, 1.807) is 58.3 Å². The molecule has 14 nitrogen and oxygen atoms in total. The Morgan fingerprint density at radius 2 is 0.949 bits per heavy atom. The Labute approximate surface area is 352 Å². The lowest BCUT2D eigenvalue weighted by atomic mass is 9.84. The fourth-order valence-electron chi connectivity index (χ4n) is 8.86. The molecule has 2 bridgehead atoms. The quantitative estimate of drug-likeness (QED) is 0.242. The average Bonchev–Trinajstić information content (AvgIpc) is 3.19. The molecule has 0 aliphatic carbocycles. The van der Waals surface area contributed by atoms with Gasteiger partial charge < -0.3 is 19.6 Å². The minimum absolute atomic E-state index is 0.000381. The molecule has 4 aromatic rings. The second kappa shape index (κ2) is 16.6. The summed E-state index contributed by atoms with van der Waals surface area (Å²) in [5.41, 5.74) is 0. The molecule has 4 aliphatic rings. The van der Waals surface area contributed by atoms with Crippen molar-refractivity contribution in [3.63, 3.8) is 0 Å². The molecule has 0 aromatic heterocycles.